The van der Waals surface area contributed by atoms with Gasteiger partial charge in [0.05, 0.1) is 30.1 Å². The second kappa shape index (κ2) is 9.68. The molecule has 0 radical (unpaired) electrons. The van der Waals surface area contributed by atoms with Crippen molar-refractivity contribution in [1.29, 1.82) is 0 Å². The molecule has 4 rings (SSSR count). The topological polar surface area (TPSA) is 84.7 Å². The number of imidazole rings is 1. The lowest BCUT2D eigenvalue weighted by molar-refractivity contribution is -0.139. The Morgan fingerprint density at radius 1 is 1.12 bits per heavy atom. The zero-order valence-corrected chi connectivity index (χ0v) is 19.3. The summed E-state index contributed by atoms with van der Waals surface area (Å²) in [7, 11) is 1.48. The highest BCUT2D eigenvalue weighted by Gasteiger charge is 2.45. The Balaban J connectivity index is 1.74. The van der Waals surface area contributed by atoms with Crippen LogP contribution in [0, 0.1) is 0 Å². The van der Waals surface area contributed by atoms with Gasteiger partial charge in [-0.3, -0.25) is 9.59 Å². The number of aliphatic hydroxyl groups excluding tert-OH is 1. The van der Waals surface area contributed by atoms with Crippen molar-refractivity contribution in [3.05, 3.63) is 87.9 Å². The summed E-state index contributed by atoms with van der Waals surface area (Å²) in [6, 6.07) is 10.8. The van der Waals surface area contributed by atoms with Crippen LogP contribution in [0.15, 0.2) is 66.8 Å². The molecular weight excluding hydrogens is 465 g/mol. The maximum Gasteiger partial charge on any atom is 0.295 e. The van der Waals surface area contributed by atoms with Crippen LogP contribution >= 0.6 is 23.2 Å². The molecule has 0 aliphatic carbocycles. The summed E-state index contributed by atoms with van der Waals surface area (Å²) in [5.74, 6) is -1.28. The van der Waals surface area contributed by atoms with Gasteiger partial charge in [0.25, 0.3) is 11.7 Å². The number of aliphatic hydroxyl groups is 1. The number of likely N-dealkylation sites (tertiary alicyclic amines) is 1. The Bertz CT molecular complexity index is 1210. The summed E-state index contributed by atoms with van der Waals surface area (Å²) in [6.45, 7) is 0.945. The molecule has 0 bridgehead atoms. The number of Topliss-reactive ketones (excluding diaryl/α,β-unsaturated/α-hetero) is 1. The third-order valence-corrected chi connectivity index (χ3v) is 6.07. The van der Waals surface area contributed by atoms with Crippen LogP contribution in [-0.2, 0) is 16.1 Å². The molecular formula is C24H21Cl2N3O4. The monoisotopic (exact) mass is 485 g/mol. The van der Waals surface area contributed by atoms with E-state index in [-0.39, 0.29) is 16.4 Å². The van der Waals surface area contributed by atoms with Gasteiger partial charge in [-0.25, -0.2) is 4.98 Å². The fourth-order valence-corrected chi connectivity index (χ4v) is 4.30. The number of ether oxygens (including phenoxy) is 1. The maximum absolute atomic E-state index is 13.1. The molecule has 1 aromatic heterocycles. The predicted octanol–water partition coefficient (Wildman–Crippen LogP) is 4.71. The van der Waals surface area contributed by atoms with E-state index in [9.17, 15) is 14.7 Å². The second-order valence-corrected chi connectivity index (χ2v) is 8.39. The third kappa shape index (κ3) is 4.60. The van der Waals surface area contributed by atoms with Crippen molar-refractivity contribution >= 4 is 40.7 Å². The maximum atomic E-state index is 13.1. The number of aromatic nitrogens is 2. The van der Waals surface area contributed by atoms with E-state index in [0.717, 1.165) is 0 Å². The number of carbonyl (C=O) groups excluding carboxylic acids is 2. The summed E-state index contributed by atoms with van der Waals surface area (Å²) in [5, 5.41) is 11.9. The molecule has 1 saturated heterocycles. The SMILES string of the molecule is COc1ccc(C(O)=C2C(=O)C(=O)N(CCCn3ccnc3)C2c2ccc(Cl)cc2)cc1Cl. The highest BCUT2D eigenvalue weighted by Crippen LogP contribution is 2.40. The number of halogens is 2. The van der Waals surface area contributed by atoms with Gasteiger partial charge in [-0.2, -0.15) is 0 Å². The first kappa shape index (κ1) is 22.9. The molecule has 2 aromatic carbocycles. The molecule has 3 aromatic rings. The second-order valence-electron chi connectivity index (χ2n) is 7.55. The summed E-state index contributed by atoms with van der Waals surface area (Å²) in [4.78, 5) is 31.6. The van der Waals surface area contributed by atoms with Gasteiger partial charge >= 0.3 is 0 Å². The molecule has 33 heavy (non-hydrogen) atoms. The quantitative estimate of drug-likeness (QED) is 0.297. The van der Waals surface area contributed by atoms with Gasteiger partial charge in [-0.05, 0) is 42.3 Å². The van der Waals surface area contributed by atoms with E-state index >= 15 is 0 Å². The number of amides is 1. The molecule has 2 heterocycles. The Morgan fingerprint density at radius 2 is 1.88 bits per heavy atom. The van der Waals surface area contributed by atoms with Crippen molar-refractivity contribution in [2.24, 2.45) is 0 Å². The molecule has 9 heteroatoms. The van der Waals surface area contributed by atoms with Gasteiger partial charge < -0.3 is 19.3 Å². The first-order chi connectivity index (χ1) is 15.9. The number of hydrogen-bond donors (Lipinski definition) is 1. The van der Waals surface area contributed by atoms with Gasteiger partial charge in [0.1, 0.15) is 11.5 Å². The fraction of sp³-hybridized carbons (Fsp3) is 0.208. The van der Waals surface area contributed by atoms with Crippen molar-refractivity contribution in [3.8, 4) is 5.75 Å². The van der Waals surface area contributed by atoms with Crippen LogP contribution in [0.2, 0.25) is 10.0 Å². The number of aryl methyl sites for hydroxylation is 1. The van der Waals surface area contributed by atoms with Gasteiger partial charge in [-0.15, -0.1) is 0 Å². The number of methoxy groups -OCH3 is 1. The molecule has 1 fully saturated rings. The number of ketones is 1. The van der Waals surface area contributed by atoms with Crippen LogP contribution in [0.4, 0.5) is 0 Å². The van der Waals surface area contributed by atoms with E-state index in [1.54, 1.807) is 48.9 Å². The Labute approximate surface area is 200 Å². The number of hydrogen-bond acceptors (Lipinski definition) is 5. The molecule has 1 amide bonds. The first-order valence-electron chi connectivity index (χ1n) is 10.2. The lowest BCUT2D eigenvalue weighted by Gasteiger charge is -2.25. The smallest absolute Gasteiger partial charge is 0.295 e. The standard InChI is InChI=1S/C24H21Cl2N3O4/c1-33-19-8-5-16(13-18(19)26)22(30)20-21(15-3-6-17(25)7-4-15)29(24(32)23(20)31)11-2-10-28-12-9-27-14-28/h3-9,12-14,21,30H,2,10-11H2,1H3. The van der Waals surface area contributed by atoms with Crippen LogP contribution < -0.4 is 4.74 Å². The summed E-state index contributed by atoms with van der Waals surface area (Å²) in [5.41, 5.74) is 0.991. The molecule has 0 spiro atoms. The highest BCUT2D eigenvalue weighted by atomic mass is 35.5. The molecule has 1 N–H and O–H groups in total. The van der Waals surface area contributed by atoms with Crippen molar-refractivity contribution in [3.63, 3.8) is 0 Å². The molecule has 7 nitrogen and oxygen atoms in total. The van der Waals surface area contributed by atoms with E-state index in [1.807, 2.05) is 10.8 Å². The number of nitrogens with zero attached hydrogens (tertiary/aromatic N) is 3. The average Bonchev–Trinajstić information content (AvgIpc) is 3.41. The first-order valence-corrected chi connectivity index (χ1v) is 11.0. The van der Waals surface area contributed by atoms with Crippen LogP contribution in [0.3, 0.4) is 0 Å². The van der Waals surface area contributed by atoms with E-state index in [0.29, 0.717) is 41.4 Å². The largest absolute Gasteiger partial charge is 0.507 e. The van der Waals surface area contributed by atoms with Crippen molar-refractivity contribution in [2.75, 3.05) is 13.7 Å². The minimum absolute atomic E-state index is 0.00573. The van der Waals surface area contributed by atoms with Crippen LogP contribution in [0.1, 0.15) is 23.6 Å². The van der Waals surface area contributed by atoms with E-state index in [2.05, 4.69) is 4.98 Å². The molecule has 0 saturated carbocycles. The summed E-state index contributed by atoms with van der Waals surface area (Å²) in [6.07, 6.45) is 5.80. The van der Waals surface area contributed by atoms with E-state index in [1.165, 1.54) is 18.1 Å². The number of rotatable bonds is 7. The Hall–Kier alpha value is -3.29. The lowest BCUT2D eigenvalue weighted by atomic mass is 9.95. The molecule has 1 aliphatic heterocycles. The van der Waals surface area contributed by atoms with Crippen LogP contribution in [0.25, 0.3) is 5.76 Å². The third-order valence-electron chi connectivity index (χ3n) is 5.53. The van der Waals surface area contributed by atoms with Crippen molar-refractivity contribution in [1.82, 2.24) is 14.5 Å². The fourth-order valence-electron chi connectivity index (χ4n) is 3.91. The van der Waals surface area contributed by atoms with Crippen molar-refractivity contribution < 1.29 is 19.4 Å². The highest BCUT2D eigenvalue weighted by molar-refractivity contribution is 6.46. The average molecular weight is 486 g/mol. The van der Waals surface area contributed by atoms with Gasteiger partial charge in [0.15, 0.2) is 0 Å². The van der Waals surface area contributed by atoms with Gasteiger partial charge in [-0.1, -0.05) is 35.3 Å². The zero-order chi connectivity index (χ0) is 23.5. The van der Waals surface area contributed by atoms with E-state index in [4.69, 9.17) is 27.9 Å². The van der Waals surface area contributed by atoms with Crippen LogP contribution in [-0.4, -0.2) is 44.9 Å². The number of carbonyl (C=O) groups is 2. The van der Waals surface area contributed by atoms with E-state index < -0.39 is 17.7 Å². The van der Waals surface area contributed by atoms with Gasteiger partial charge in [0.2, 0.25) is 0 Å². The van der Waals surface area contributed by atoms with Crippen molar-refractivity contribution in [2.45, 2.75) is 19.0 Å². The molecule has 1 aliphatic rings. The van der Waals surface area contributed by atoms with Gasteiger partial charge in [0, 0.05) is 36.1 Å². The molecule has 170 valence electrons. The van der Waals surface area contributed by atoms with Crippen LogP contribution in [0.5, 0.6) is 5.75 Å². The number of benzene rings is 2. The summed E-state index contributed by atoms with van der Waals surface area (Å²) < 4.78 is 7.06. The minimum Gasteiger partial charge on any atom is -0.507 e. The normalized spacial score (nSPS) is 17.5. The minimum atomic E-state index is -0.758. The molecule has 1 unspecified atom stereocenters. The Morgan fingerprint density at radius 3 is 2.52 bits per heavy atom. The lowest BCUT2D eigenvalue weighted by Crippen LogP contribution is -2.31. The summed E-state index contributed by atoms with van der Waals surface area (Å²) >= 11 is 12.3. The zero-order valence-electron chi connectivity index (χ0n) is 17.7. The molecule has 1 atom stereocenters. The Kier molecular flexibility index (Phi) is 6.72. The predicted molar refractivity (Wildman–Crippen MR) is 125 cm³/mol.